The summed E-state index contributed by atoms with van der Waals surface area (Å²) in [4.78, 5) is 12.0. The van der Waals surface area contributed by atoms with Crippen LogP contribution >= 0.6 is 0 Å². The summed E-state index contributed by atoms with van der Waals surface area (Å²) in [5.41, 5.74) is 6.02. The van der Waals surface area contributed by atoms with Crippen LogP contribution in [0.25, 0.3) is 0 Å². The van der Waals surface area contributed by atoms with Crippen LogP contribution in [0.1, 0.15) is 29.6 Å². The highest BCUT2D eigenvalue weighted by molar-refractivity contribution is 5.99. The van der Waals surface area contributed by atoms with Gasteiger partial charge in [0.05, 0.1) is 5.56 Å². The van der Waals surface area contributed by atoms with Crippen molar-refractivity contribution >= 4 is 11.6 Å². The molecule has 5 heteroatoms. The number of carbonyl (C=O) groups excluding carboxylic acids is 1. The Morgan fingerprint density at radius 2 is 2.28 bits per heavy atom. The number of aliphatic hydroxyl groups is 1. The van der Waals surface area contributed by atoms with Gasteiger partial charge in [-0.2, -0.15) is 0 Å². The van der Waals surface area contributed by atoms with E-state index in [1.54, 1.807) is 0 Å². The Hall–Kier alpha value is -1.62. The molecule has 1 saturated carbocycles. The molecule has 0 spiro atoms. The van der Waals surface area contributed by atoms with E-state index in [-0.39, 0.29) is 35.7 Å². The SMILES string of the molecule is Nc1cc(F)ccc1C(=O)NC1CCCC1CO. The molecule has 1 amide bonds. The average molecular weight is 252 g/mol. The number of nitrogens with one attached hydrogen (secondary N) is 1. The monoisotopic (exact) mass is 252 g/mol. The van der Waals surface area contributed by atoms with Crippen LogP contribution in [0.3, 0.4) is 0 Å². The molecule has 1 aliphatic carbocycles. The van der Waals surface area contributed by atoms with Crippen molar-refractivity contribution in [3.05, 3.63) is 29.6 Å². The molecule has 0 radical (unpaired) electrons. The van der Waals surface area contributed by atoms with Crippen molar-refractivity contribution in [2.75, 3.05) is 12.3 Å². The van der Waals surface area contributed by atoms with Crippen LogP contribution in [0.2, 0.25) is 0 Å². The molecule has 0 saturated heterocycles. The summed E-state index contributed by atoms with van der Waals surface area (Å²) in [6, 6.07) is 3.70. The molecule has 0 aliphatic heterocycles. The normalized spacial score (nSPS) is 23.0. The van der Waals surface area contributed by atoms with E-state index in [0.29, 0.717) is 0 Å². The number of nitrogens with two attached hydrogens (primary N) is 1. The van der Waals surface area contributed by atoms with E-state index in [4.69, 9.17) is 5.73 Å². The first-order valence-electron chi connectivity index (χ1n) is 6.08. The van der Waals surface area contributed by atoms with Crippen LogP contribution < -0.4 is 11.1 Å². The van der Waals surface area contributed by atoms with Gasteiger partial charge in [0, 0.05) is 24.3 Å². The van der Waals surface area contributed by atoms with Crippen LogP contribution in [0, 0.1) is 11.7 Å². The lowest BCUT2D eigenvalue weighted by Gasteiger charge is -2.19. The van der Waals surface area contributed by atoms with Gasteiger partial charge in [0.1, 0.15) is 5.82 Å². The second-order valence-corrected chi connectivity index (χ2v) is 4.69. The lowest BCUT2D eigenvalue weighted by molar-refractivity contribution is 0.0917. The summed E-state index contributed by atoms with van der Waals surface area (Å²) in [5.74, 6) is -0.661. The first-order chi connectivity index (χ1) is 8.61. The topological polar surface area (TPSA) is 75.4 Å². The van der Waals surface area contributed by atoms with E-state index in [2.05, 4.69) is 5.32 Å². The molecule has 2 unspecified atom stereocenters. The zero-order valence-electron chi connectivity index (χ0n) is 10.0. The van der Waals surface area contributed by atoms with E-state index in [9.17, 15) is 14.3 Å². The Labute approximate surface area is 105 Å². The van der Waals surface area contributed by atoms with Gasteiger partial charge in [0.15, 0.2) is 0 Å². The van der Waals surface area contributed by atoms with Crippen LogP contribution in [0.5, 0.6) is 0 Å². The van der Waals surface area contributed by atoms with E-state index in [1.165, 1.54) is 12.1 Å². The largest absolute Gasteiger partial charge is 0.398 e. The summed E-state index contributed by atoms with van der Waals surface area (Å²) in [5, 5.41) is 12.0. The number of amides is 1. The minimum absolute atomic E-state index is 0.0213. The van der Waals surface area contributed by atoms with Gasteiger partial charge in [0.2, 0.25) is 0 Å². The van der Waals surface area contributed by atoms with Crippen molar-refractivity contribution in [2.45, 2.75) is 25.3 Å². The quantitative estimate of drug-likeness (QED) is 0.710. The van der Waals surface area contributed by atoms with Gasteiger partial charge >= 0.3 is 0 Å². The highest BCUT2D eigenvalue weighted by Gasteiger charge is 2.28. The molecule has 0 bridgehead atoms. The number of hydrogen-bond donors (Lipinski definition) is 3. The van der Waals surface area contributed by atoms with Gasteiger partial charge in [-0.3, -0.25) is 4.79 Å². The fourth-order valence-electron chi connectivity index (χ4n) is 2.43. The van der Waals surface area contributed by atoms with Crippen LogP contribution in [0.4, 0.5) is 10.1 Å². The maximum absolute atomic E-state index is 12.9. The molecule has 1 aliphatic rings. The first-order valence-corrected chi connectivity index (χ1v) is 6.08. The minimum Gasteiger partial charge on any atom is -0.398 e. The number of anilines is 1. The molecule has 1 aromatic carbocycles. The molecular weight excluding hydrogens is 235 g/mol. The maximum Gasteiger partial charge on any atom is 0.253 e. The molecule has 4 nitrogen and oxygen atoms in total. The zero-order valence-corrected chi connectivity index (χ0v) is 10.0. The third-order valence-electron chi connectivity index (χ3n) is 3.47. The van der Waals surface area contributed by atoms with Crippen molar-refractivity contribution < 1.29 is 14.3 Å². The minimum atomic E-state index is -0.460. The number of halogens is 1. The van der Waals surface area contributed by atoms with Gasteiger partial charge in [-0.05, 0) is 31.0 Å². The van der Waals surface area contributed by atoms with Crippen LogP contribution in [-0.2, 0) is 0 Å². The van der Waals surface area contributed by atoms with Crippen molar-refractivity contribution in [3.63, 3.8) is 0 Å². The number of rotatable bonds is 3. The van der Waals surface area contributed by atoms with Gasteiger partial charge in [-0.25, -0.2) is 4.39 Å². The van der Waals surface area contributed by atoms with Crippen molar-refractivity contribution in [1.29, 1.82) is 0 Å². The summed E-state index contributed by atoms with van der Waals surface area (Å²) in [6.07, 6.45) is 2.77. The second-order valence-electron chi connectivity index (χ2n) is 4.69. The Bertz CT molecular complexity index is 451. The van der Waals surface area contributed by atoms with Gasteiger partial charge in [-0.1, -0.05) is 6.42 Å². The summed E-state index contributed by atoms with van der Waals surface area (Å²) in [7, 11) is 0. The third-order valence-corrected chi connectivity index (χ3v) is 3.47. The predicted octanol–water partition coefficient (Wildman–Crippen LogP) is 1.30. The molecule has 2 rings (SSSR count). The standard InChI is InChI=1S/C13H17FN2O2/c14-9-4-5-10(11(15)6-9)13(18)16-12-3-1-2-8(12)7-17/h4-6,8,12,17H,1-3,7,15H2,(H,16,18). The molecule has 0 aromatic heterocycles. The fraction of sp³-hybridized carbons (Fsp3) is 0.462. The molecular formula is C13H17FN2O2. The number of benzene rings is 1. The van der Waals surface area contributed by atoms with Crippen molar-refractivity contribution in [2.24, 2.45) is 5.92 Å². The molecule has 98 valence electrons. The number of nitrogen functional groups attached to an aromatic ring is 1. The first kappa shape index (κ1) is 12.8. The van der Waals surface area contributed by atoms with Crippen LogP contribution in [-0.4, -0.2) is 23.7 Å². The highest BCUT2D eigenvalue weighted by atomic mass is 19.1. The van der Waals surface area contributed by atoms with Gasteiger partial charge in [-0.15, -0.1) is 0 Å². The smallest absolute Gasteiger partial charge is 0.253 e. The highest BCUT2D eigenvalue weighted by Crippen LogP contribution is 2.25. The van der Waals surface area contributed by atoms with Gasteiger partial charge in [0.25, 0.3) is 5.91 Å². The summed E-state index contributed by atoms with van der Waals surface area (Å²) in [6.45, 7) is 0.0733. The molecule has 1 aromatic rings. The van der Waals surface area contributed by atoms with Crippen molar-refractivity contribution in [1.82, 2.24) is 5.32 Å². The van der Waals surface area contributed by atoms with Crippen molar-refractivity contribution in [3.8, 4) is 0 Å². The second kappa shape index (κ2) is 5.35. The van der Waals surface area contributed by atoms with E-state index in [0.717, 1.165) is 25.3 Å². The Balaban J connectivity index is 2.07. The summed E-state index contributed by atoms with van der Waals surface area (Å²) < 4.78 is 12.9. The summed E-state index contributed by atoms with van der Waals surface area (Å²) >= 11 is 0. The number of hydrogen-bond acceptors (Lipinski definition) is 3. The molecule has 2 atom stereocenters. The molecule has 1 fully saturated rings. The molecule has 4 N–H and O–H groups in total. The molecule has 18 heavy (non-hydrogen) atoms. The average Bonchev–Trinajstić information content (AvgIpc) is 2.76. The number of carbonyl (C=O) groups is 1. The predicted molar refractivity (Wildman–Crippen MR) is 66.5 cm³/mol. The van der Waals surface area contributed by atoms with Crippen LogP contribution in [0.15, 0.2) is 18.2 Å². The Morgan fingerprint density at radius 1 is 1.50 bits per heavy atom. The fourth-order valence-corrected chi connectivity index (χ4v) is 2.43. The lowest BCUT2D eigenvalue weighted by atomic mass is 10.0. The molecule has 0 heterocycles. The van der Waals surface area contributed by atoms with E-state index < -0.39 is 5.82 Å². The lowest BCUT2D eigenvalue weighted by Crippen LogP contribution is -2.38. The number of aliphatic hydroxyl groups excluding tert-OH is 1. The van der Waals surface area contributed by atoms with E-state index >= 15 is 0 Å². The zero-order chi connectivity index (χ0) is 13.1. The van der Waals surface area contributed by atoms with E-state index in [1.807, 2.05) is 0 Å². The Morgan fingerprint density at radius 3 is 2.94 bits per heavy atom. The maximum atomic E-state index is 12.9. The Kier molecular flexibility index (Phi) is 3.81. The van der Waals surface area contributed by atoms with Gasteiger partial charge < -0.3 is 16.2 Å². The third kappa shape index (κ3) is 2.61.